The molecule has 3 aliphatic rings. The van der Waals surface area contributed by atoms with Crippen molar-refractivity contribution in [2.75, 3.05) is 0 Å². The number of rotatable bonds is 3. The highest BCUT2D eigenvalue weighted by Gasteiger charge is 2.69. The molecule has 0 N–H and O–H groups in total. The van der Waals surface area contributed by atoms with Crippen LogP contribution in [0.25, 0.3) is 0 Å². The summed E-state index contributed by atoms with van der Waals surface area (Å²) in [4.78, 5) is 12.7. The number of carbonyl (C=O) groups excluding carboxylic acids is 1. The Morgan fingerprint density at radius 3 is 2.68 bits per heavy atom. The van der Waals surface area contributed by atoms with Gasteiger partial charge < -0.3 is 4.74 Å². The maximum atomic E-state index is 12.7. The van der Waals surface area contributed by atoms with Crippen LogP contribution in [0, 0.1) is 23.2 Å². The van der Waals surface area contributed by atoms with Gasteiger partial charge in [0.2, 0.25) is 0 Å². The second-order valence-corrected chi connectivity index (χ2v) is 8.35. The molecule has 5 atom stereocenters. The number of ether oxygens (including phenoxy) is 1. The van der Waals surface area contributed by atoms with E-state index in [1.165, 1.54) is 12.8 Å². The fourth-order valence-electron chi connectivity index (χ4n) is 5.96. The van der Waals surface area contributed by atoms with E-state index in [0.29, 0.717) is 11.3 Å². The maximum Gasteiger partial charge on any atom is 0.313 e. The van der Waals surface area contributed by atoms with Crippen LogP contribution in [0.15, 0.2) is 30.3 Å². The summed E-state index contributed by atoms with van der Waals surface area (Å²) in [5.41, 5.74) is 1.25. The first-order chi connectivity index (χ1) is 10.4. The molecule has 0 aromatic heterocycles. The predicted octanol–water partition coefficient (Wildman–Crippen LogP) is 4.55. The molecule has 1 aromatic rings. The van der Waals surface area contributed by atoms with Gasteiger partial charge in [-0.2, -0.15) is 0 Å². The van der Waals surface area contributed by atoms with Crippen molar-refractivity contribution in [3.05, 3.63) is 35.9 Å². The van der Waals surface area contributed by atoms with Crippen LogP contribution < -0.4 is 0 Å². The molecule has 2 bridgehead atoms. The minimum Gasteiger partial charge on any atom is -0.458 e. The van der Waals surface area contributed by atoms with Crippen molar-refractivity contribution in [3.63, 3.8) is 0 Å². The molecule has 0 radical (unpaired) electrons. The molecule has 2 nitrogen and oxygen atoms in total. The molecule has 2 heteroatoms. The molecule has 0 saturated heterocycles. The van der Waals surface area contributed by atoms with Crippen LogP contribution in [0.2, 0.25) is 0 Å². The Morgan fingerprint density at radius 2 is 2.00 bits per heavy atom. The van der Waals surface area contributed by atoms with Gasteiger partial charge >= 0.3 is 5.97 Å². The van der Waals surface area contributed by atoms with E-state index >= 15 is 0 Å². The van der Waals surface area contributed by atoms with Crippen molar-refractivity contribution < 1.29 is 9.53 Å². The van der Waals surface area contributed by atoms with Gasteiger partial charge in [-0.05, 0) is 55.4 Å². The first-order valence-electron chi connectivity index (χ1n) is 8.72. The second kappa shape index (κ2) is 4.59. The molecule has 3 fully saturated rings. The van der Waals surface area contributed by atoms with E-state index < -0.39 is 0 Å². The minimum absolute atomic E-state index is 0.0322. The lowest BCUT2D eigenvalue weighted by molar-refractivity contribution is -0.166. The zero-order valence-corrected chi connectivity index (χ0v) is 13.8. The molecule has 0 unspecified atom stereocenters. The smallest absolute Gasteiger partial charge is 0.313 e. The summed E-state index contributed by atoms with van der Waals surface area (Å²) in [5.74, 6) is 1.90. The average molecular weight is 298 g/mol. The highest BCUT2D eigenvalue weighted by molar-refractivity contribution is 5.78. The SMILES string of the molecule is C[C@H](C(=O)O[C@]12CC[C@@H]3C[C@H](C1)C(C)(C)[C@@H]32)c1ccccc1. The summed E-state index contributed by atoms with van der Waals surface area (Å²) in [6, 6.07) is 10.0. The summed E-state index contributed by atoms with van der Waals surface area (Å²) in [6.45, 7) is 6.76. The van der Waals surface area contributed by atoms with E-state index in [9.17, 15) is 4.79 Å². The Balaban J connectivity index is 1.56. The van der Waals surface area contributed by atoms with E-state index in [0.717, 1.165) is 30.2 Å². The van der Waals surface area contributed by atoms with Crippen molar-refractivity contribution in [2.24, 2.45) is 23.2 Å². The maximum absolute atomic E-state index is 12.7. The van der Waals surface area contributed by atoms with Crippen LogP contribution in [0.4, 0.5) is 0 Å². The van der Waals surface area contributed by atoms with Crippen molar-refractivity contribution in [1.29, 1.82) is 0 Å². The van der Waals surface area contributed by atoms with E-state index in [2.05, 4.69) is 13.8 Å². The monoisotopic (exact) mass is 298 g/mol. The molecule has 1 aromatic carbocycles. The predicted molar refractivity (Wildman–Crippen MR) is 86.4 cm³/mol. The van der Waals surface area contributed by atoms with Gasteiger partial charge in [0, 0.05) is 5.92 Å². The molecule has 3 aliphatic carbocycles. The zero-order chi connectivity index (χ0) is 15.5. The van der Waals surface area contributed by atoms with Crippen molar-refractivity contribution >= 4 is 5.97 Å². The van der Waals surface area contributed by atoms with Gasteiger partial charge in [0.15, 0.2) is 0 Å². The molecule has 0 heterocycles. The summed E-state index contributed by atoms with van der Waals surface area (Å²) in [6.07, 6.45) is 4.77. The molecule has 0 aliphatic heterocycles. The summed E-state index contributed by atoms with van der Waals surface area (Å²) < 4.78 is 6.24. The van der Waals surface area contributed by atoms with Crippen LogP contribution in [0.1, 0.15) is 57.9 Å². The minimum atomic E-state index is -0.170. The molecule has 4 rings (SSSR count). The Kier molecular flexibility index (Phi) is 2.99. The molecular formula is C20H26O2. The fourth-order valence-corrected chi connectivity index (χ4v) is 5.96. The highest BCUT2D eigenvalue weighted by atomic mass is 16.6. The normalized spacial score (nSPS) is 39.0. The lowest BCUT2D eigenvalue weighted by atomic mass is 9.78. The largest absolute Gasteiger partial charge is 0.458 e. The first-order valence-corrected chi connectivity index (χ1v) is 8.72. The number of hydrogen-bond acceptors (Lipinski definition) is 2. The zero-order valence-electron chi connectivity index (χ0n) is 13.8. The topological polar surface area (TPSA) is 26.3 Å². The van der Waals surface area contributed by atoms with Crippen LogP contribution in [0.5, 0.6) is 0 Å². The summed E-state index contributed by atoms with van der Waals surface area (Å²) in [5, 5.41) is 0. The second-order valence-electron chi connectivity index (χ2n) is 8.35. The molecule has 3 saturated carbocycles. The van der Waals surface area contributed by atoms with E-state index in [1.54, 1.807) is 0 Å². The van der Waals surface area contributed by atoms with Gasteiger partial charge in [0.1, 0.15) is 5.60 Å². The Bertz CT molecular complexity index is 591. The lowest BCUT2D eigenvalue weighted by Gasteiger charge is -2.36. The number of benzene rings is 1. The van der Waals surface area contributed by atoms with Crippen LogP contribution in [-0.2, 0) is 9.53 Å². The third kappa shape index (κ3) is 1.82. The van der Waals surface area contributed by atoms with Crippen molar-refractivity contribution in [2.45, 2.75) is 58.0 Å². The number of fused-ring (bicyclic) bond motifs is 1. The van der Waals surface area contributed by atoms with Crippen molar-refractivity contribution in [1.82, 2.24) is 0 Å². The summed E-state index contributed by atoms with van der Waals surface area (Å²) >= 11 is 0. The molecule has 0 amide bonds. The Morgan fingerprint density at radius 1 is 1.27 bits per heavy atom. The van der Waals surface area contributed by atoms with Gasteiger partial charge in [0.25, 0.3) is 0 Å². The van der Waals surface area contributed by atoms with Crippen molar-refractivity contribution in [3.8, 4) is 0 Å². The lowest BCUT2D eigenvalue weighted by Crippen LogP contribution is -2.41. The highest BCUT2D eigenvalue weighted by Crippen LogP contribution is 2.71. The molecule has 118 valence electrons. The Hall–Kier alpha value is -1.31. The number of carbonyl (C=O) groups is 1. The fraction of sp³-hybridized carbons (Fsp3) is 0.650. The quantitative estimate of drug-likeness (QED) is 0.765. The molecular weight excluding hydrogens is 272 g/mol. The van der Waals surface area contributed by atoms with E-state index in [1.807, 2.05) is 37.3 Å². The number of hydrogen-bond donors (Lipinski definition) is 0. The van der Waals surface area contributed by atoms with Gasteiger partial charge in [-0.15, -0.1) is 0 Å². The third-order valence-corrected chi connectivity index (χ3v) is 6.97. The molecule has 0 spiro atoms. The van der Waals surface area contributed by atoms with Crippen LogP contribution in [-0.4, -0.2) is 11.6 Å². The standard InChI is InChI=1S/C20H26O2/c1-13(14-7-5-4-6-8-14)18(21)22-20-10-9-15-11-16(12-20)19(2,3)17(15)20/h4-8,13,15-17H,9-12H2,1-3H3/t13-,15+,16+,17+,20+/m0/s1. The van der Waals surface area contributed by atoms with Gasteiger partial charge in [-0.1, -0.05) is 44.2 Å². The Labute approximate surface area is 133 Å². The van der Waals surface area contributed by atoms with Gasteiger partial charge in [-0.3, -0.25) is 4.79 Å². The average Bonchev–Trinajstić information content (AvgIpc) is 2.98. The number of esters is 1. The van der Waals surface area contributed by atoms with Crippen LogP contribution in [0.3, 0.4) is 0 Å². The van der Waals surface area contributed by atoms with E-state index in [4.69, 9.17) is 4.74 Å². The van der Waals surface area contributed by atoms with Gasteiger partial charge in [-0.25, -0.2) is 0 Å². The third-order valence-electron chi connectivity index (χ3n) is 6.97. The van der Waals surface area contributed by atoms with Gasteiger partial charge in [0.05, 0.1) is 5.92 Å². The summed E-state index contributed by atoms with van der Waals surface area (Å²) in [7, 11) is 0. The van der Waals surface area contributed by atoms with E-state index in [-0.39, 0.29) is 17.5 Å². The first kappa shape index (κ1) is 14.3. The molecule has 22 heavy (non-hydrogen) atoms. The van der Waals surface area contributed by atoms with Crippen LogP contribution >= 0.6 is 0 Å².